The molecule has 0 bridgehead atoms. The Bertz CT molecular complexity index is 544. The van der Waals surface area contributed by atoms with Crippen LogP contribution in [0, 0.1) is 13.8 Å². The van der Waals surface area contributed by atoms with Gasteiger partial charge in [-0.2, -0.15) is 0 Å². The number of thiazole rings is 1. The van der Waals surface area contributed by atoms with Crippen molar-refractivity contribution in [2.75, 3.05) is 0 Å². The molecule has 0 saturated carbocycles. The maximum absolute atomic E-state index is 4.47. The molecule has 3 rings (SSSR count). The Morgan fingerprint density at radius 3 is 3.11 bits per heavy atom. The number of aromatic nitrogens is 4. The summed E-state index contributed by atoms with van der Waals surface area (Å²) in [5, 5.41) is 15.2. The quantitative estimate of drug-likeness (QED) is 0.911. The highest BCUT2D eigenvalue weighted by molar-refractivity contribution is 7.09. The normalized spacial score (nSPS) is 18.9. The van der Waals surface area contributed by atoms with Crippen LogP contribution in [0.5, 0.6) is 0 Å². The predicted molar refractivity (Wildman–Crippen MR) is 70.6 cm³/mol. The van der Waals surface area contributed by atoms with Crippen LogP contribution >= 0.6 is 11.3 Å². The molecular weight excluding hydrogens is 246 g/mol. The van der Waals surface area contributed by atoms with Gasteiger partial charge >= 0.3 is 0 Å². The molecule has 6 heteroatoms. The second-order valence-corrected chi connectivity index (χ2v) is 5.81. The van der Waals surface area contributed by atoms with Crippen molar-refractivity contribution in [1.29, 1.82) is 0 Å². The minimum Gasteiger partial charge on any atom is -0.314 e. The fraction of sp³-hybridized carbons (Fsp3) is 0.583. The second kappa shape index (κ2) is 4.78. The lowest BCUT2D eigenvalue weighted by atomic mass is 10.1. The molecule has 0 fully saturated rings. The monoisotopic (exact) mass is 263 g/mol. The van der Waals surface area contributed by atoms with Crippen molar-refractivity contribution in [2.24, 2.45) is 0 Å². The van der Waals surface area contributed by atoms with Gasteiger partial charge in [-0.05, 0) is 20.3 Å². The molecule has 1 aliphatic heterocycles. The molecule has 0 aliphatic carbocycles. The van der Waals surface area contributed by atoms with Crippen LogP contribution < -0.4 is 5.32 Å². The highest BCUT2D eigenvalue weighted by Crippen LogP contribution is 2.15. The Hall–Kier alpha value is -1.27. The average molecular weight is 263 g/mol. The molecule has 1 aliphatic rings. The highest BCUT2D eigenvalue weighted by atomic mass is 32.1. The van der Waals surface area contributed by atoms with Crippen molar-refractivity contribution in [3.63, 3.8) is 0 Å². The summed E-state index contributed by atoms with van der Waals surface area (Å²) in [6.45, 7) is 5.88. The van der Waals surface area contributed by atoms with Gasteiger partial charge in [0.1, 0.15) is 11.6 Å². The molecule has 0 saturated heterocycles. The molecule has 96 valence electrons. The van der Waals surface area contributed by atoms with Crippen LogP contribution in [0.1, 0.15) is 28.8 Å². The Kier molecular flexibility index (Phi) is 3.13. The van der Waals surface area contributed by atoms with E-state index in [2.05, 4.69) is 30.4 Å². The molecule has 5 nitrogen and oxygen atoms in total. The third kappa shape index (κ3) is 2.30. The van der Waals surface area contributed by atoms with Gasteiger partial charge in [0.2, 0.25) is 0 Å². The fourth-order valence-corrected chi connectivity index (χ4v) is 2.98. The van der Waals surface area contributed by atoms with Crippen LogP contribution in [-0.2, 0) is 19.5 Å². The van der Waals surface area contributed by atoms with Gasteiger partial charge < -0.3 is 9.88 Å². The number of aryl methyl sites for hydroxylation is 3. The number of nitrogens with zero attached hydrogens (tertiary/aromatic N) is 4. The van der Waals surface area contributed by atoms with Crippen molar-refractivity contribution >= 4 is 11.3 Å². The van der Waals surface area contributed by atoms with Gasteiger partial charge in [0.05, 0.1) is 10.7 Å². The summed E-state index contributed by atoms with van der Waals surface area (Å²) in [4.78, 5) is 4.47. The Balaban J connectivity index is 1.61. The van der Waals surface area contributed by atoms with Crippen molar-refractivity contribution < 1.29 is 0 Å². The van der Waals surface area contributed by atoms with Crippen LogP contribution in [0.3, 0.4) is 0 Å². The van der Waals surface area contributed by atoms with Crippen LogP contribution in [0.25, 0.3) is 0 Å². The maximum Gasteiger partial charge on any atom is 0.133 e. The van der Waals surface area contributed by atoms with Gasteiger partial charge in [-0.25, -0.2) is 4.98 Å². The van der Waals surface area contributed by atoms with E-state index >= 15 is 0 Å². The zero-order valence-corrected chi connectivity index (χ0v) is 11.5. The molecule has 2 aromatic rings. The van der Waals surface area contributed by atoms with Gasteiger partial charge in [0.25, 0.3) is 0 Å². The number of hydrogen-bond acceptors (Lipinski definition) is 5. The smallest absolute Gasteiger partial charge is 0.133 e. The van der Waals surface area contributed by atoms with Gasteiger partial charge in [0.15, 0.2) is 0 Å². The van der Waals surface area contributed by atoms with Gasteiger partial charge in [0, 0.05) is 30.9 Å². The zero-order valence-electron chi connectivity index (χ0n) is 10.7. The molecule has 3 heterocycles. The van der Waals surface area contributed by atoms with E-state index in [-0.39, 0.29) is 0 Å². The number of nitrogens with one attached hydrogen (secondary N) is 1. The van der Waals surface area contributed by atoms with Crippen molar-refractivity contribution in [1.82, 2.24) is 25.1 Å². The minimum atomic E-state index is 0.495. The zero-order chi connectivity index (χ0) is 12.5. The number of fused-ring (bicyclic) bond motifs is 1. The molecular formula is C12H17N5S. The topological polar surface area (TPSA) is 55.6 Å². The first-order chi connectivity index (χ1) is 8.72. The van der Waals surface area contributed by atoms with Gasteiger partial charge in [-0.3, -0.25) is 0 Å². The van der Waals surface area contributed by atoms with E-state index in [4.69, 9.17) is 0 Å². The summed E-state index contributed by atoms with van der Waals surface area (Å²) in [6, 6.07) is 0.495. The van der Waals surface area contributed by atoms with E-state index in [0.717, 1.165) is 48.3 Å². The lowest BCUT2D eigenvalue weighted by Crippen LogP contribution is -2.37. The molecule has 0 radical (unpaired) electrons. The standard InChI is InChI=1S/C12H17N5S/c1-8-15-16-12-4-3-10(6-17(8)12)13-5-11-7-18-9(2)14-11/h7,10,13H,3-6H2,1-2H3. The third-order valence-corrected chi connectivity index (χ3v) is 4.19. The first-order valence-corrected chi connectivity index (χ1v) is 7.13. The minimum absolute atomic E-state index is 0.495. The first kappa shape index (κ1) is 11.8. The first-order valence-electron chi connectivity index (χ1n) is 6.25. The van der Waals surface area contributed by atoms with Crippen LogP contribution in [0.4, 0.5) is 0 Å². The fourth-order valence-electron chi connectivity index (χ4n) is 2.37. The Morgan fingerprint density at radius 1 is 1.44 bits per heavy atom. The van der Waals surface area contributed by atoms with Crippen LogP contribution in [0.2, 0.25) is 0 Å². The SMILES string of the molecule is Cc1nc(CNC2CCc3nnc(C)n3C2)cs1. The molecule has 1 atom stereocenters. The maximum atomic E-state index is 4.47. The van der Waals surface area contributed by atoms with Gasteiger partial charge in [-0.1, -0.05) is 0 Å². The van der Waals surface area contributed by atoms with E-state index in [0.29, 0.717) is 6.04 Å². The van der Waals surface area contributed by atoms with E-state index in [9.17, 15) is 0 Å². The third-order valence-electron chi connectivity index (χ3n) is 3.37. The van der Waals surface area contributed by atoms with Crippen LogP contribution in [0.15, 0.2) is 5.38 Å². The molecule has 0 amide bonds. The number of rotatable bonds is 3. The lowest BCUT2D eigenvalue weighted by Gasteiger charge is -2.24. The van der Waals surface area contributed by atoms with Crippen molar-refractivity contribution in [3.05, 3.63) is 27.7 Å². The molecule has 2 aromatic heterocycles. The summed E-state index contributed by atoms with van der Waals surface area (Å²) < 4.78 is 2.22. The Labute approximate surface area is 110 Å². The molecule has 0 spiro atoms. The average Bonchev–Trinajstić information content (AvgIpc) is 2.94. The largest absolute Gasteiger partial charge is 0.314 e. The van der Waals surface area contributed by atoms with Crippen LogP contribution in [-0.4, -0.2) is 25.8 Å². The molecule has 1 N–H and O–H groups in total. The lowest BCUT2D eigenvalue weighted by molar-refractivity contribution is 0.374. The summed E-state index contributed by atoms with van der Waals surface area (Å²) in [5.74, 6) is 2.14. The Morgan fingerprint density at radius 2 is 2.33 bits per heavy atom. The highest BCUT2D eigenvalue weighted by Gasteiger charge is 2.21. The molecule has 1 unspecified atom stereocenters. The summed E-state index contributed by atoms with van der Waals surface area (Å²) in [6.07, 6.45) is 2.13. The molecule has 18 heavy (non-hydrogen) atoms. The predicted octanol–water partition coefficient (Wildman–Crippen LogP) is 1.46. The number of hydrogen-bond donors (Lipinski definition) is 1. The summed E-state index contributed by atoms with van der Waals surface area (Å²) >= 11 is 1.71. The van der Waals surface area contributed by atoms with Gasteiger partial charge in [-0.15, -0.1) is 21.5 Å². The summed E-state index contributed by atoms with van der Waals surface area (Å²) in [5.41, 5.74) is 1.14. The van der Waals surface area contributed by atoms with E-state index in [1.807, 2.05) is 13.8 Å². The second-order valence-electron chi connectivity index (χ2n) is 4.75. The van der Waals surface area contributed by atoms with E-state index in [1.165, 1.54) is 0 Å². The molecule has 0 aromatic carbocycles. The van der Waals surface area contributed by atoms with E-state index < -0.39 is 0 Å². The van der Waals surface area contributed by atoms with E-state index in [1.54, 1.807) is 11.3 Å². The summed E-state index contributed by atoms with van der Waals surface area (Å²) in [7, 11) is 0. The van der Waals surface area contributed by atoms with Crippen molar-refractivity contribution in [3.8, 4) is 0 Å². The van der Waals surface area contributed by atoms with Crippen molar-refractivity contribution in [2.45, 2.75) is 45.8 Å².